The molecule has 2 aliphatic heterocycles. The van der Waals surface area contributed by atoms with Crippen LogP contribution in [0.5, 0.6) is 0 Å². The molecule has 2 saturated heterocycles. The van der Waals surface area contributed by atoms with Crippen LogP contribution in [0.4, 0.5) is 4.39 Å². The molecule has 6 heteroatoms. The molecule has 0 atom stereocenters. The standard InChI is InChI=1S/C23H32ClFN2O2/c1-26(15-17-6-10-29-11-7-17)22(28)19-13-23(25,14-19)20-5-4-18(21(24)12-20)16-27-8-2-3-9-27/h4-5,12,17,19H,2-3,6-11,13-16H2,1H3/t19-,23-. The predicted octanol–water partition coefficient (Wildman–Crippen LogP) is 4.40. The fourth-order valence-corrected chi connectivity index (χ4v) is 5.23. The van der Waals surface area contributed by atoms with Crippen molar-refractivity contribution in [2.75, 3.05) is 39.9 Å². The first kappa shape index (κ1) is 21.1. The average molecular weight is 423 g/mol. The molecular weight excluding hydrogens is 391 g/mol. The number of ether oxygens (including phenoxy) is 1. The second kappa shape index (κ2) is 8.91. The highest BCUT2D eigenvalue weighted by Gasteiger charge is 2.50. The number of hydrogen-bond acceptors (Lipinski definition) is 3. The number of amides is 1. The molecule has 0 aromatic heterocycles. The zero-order valence-corrected chi connectivity index (χ0v) is 18.1. The number of nitrogens with zero attached hydrogens (tertiary/aromatic N) is 2. The molecule has 0 N–H and O–H groups in total. The molecule has 2 heterocycles. The molecule has 0 bridgehead atoms. The minimum absolute atomic E-state index is 0.0708. The zero-order chi connectivity index (χ0) is 20.4. The SMILES string of the molecule is CN(CC1CCOCC1)C(=O)[C@H]1C[C@@](F)(c2ccc(CN3CCCC3)c(Cl)c2)C1. The topological polar surface area (TPSA) is 32.8 Å². The van der Waals surface area contributed by atoms with E-state index in [1.54, 1.807) is 11.0 Å². The van der Waals surface area contributed by atoms with Crippen molar-refractivity contribution >= 4 is 17.5 Å². The molecule has 4 rings (SSSR count). The number of likely N-dealkylation sites (tertiary alicyclic amines) is 1. The van der Waals surface area contributed by atoms with Crippen LogP contribution in [0.2, 0.25) is 5.02 Å². The van der Waals surface area contributed by atoms with Gasteiger partial charge in [-0.1, -0.05) is 23.7 Å². The van der Waals surface area contributed by atoms with Crippen LogP contribution in [0.3, 0.4) is 0 Å². The van der Waals surface area contributed by atoms with E-state index in [0.29, 0.717) is 16.5 Å². The van der Waals surface area contributed by atoms with Crippen LogP contribution in [-0.2, 0) is 21.7 Å². The maximum Gasteiger partial charge on any atom is 0.225 e. The Morgan fingerprint density at radius 3 is 2.62 bits per heavy atom. The van der Waals surface area contributed by atoms with E-state index in [2.05, 4.69) is 4.90 Å². The Balaban J connectivity index is 1.32. The zero-order valence-electron chi connectivity index (χ0n) is 17.3. The van der Waals surface area contributed by atoms with E-state index >= 15 is 4.39 Å². The third-order valence-corrected chi connectivity index (χ3v) is 7.25. The Morgan fingerprint density at radius 1 is 1.28 bits per heavy atom. The van der Waals surface area contributed by atoms with Gasteiger partial charge in [-0.2, -0.15) is 0 Å². The molecule has 3 fully saturated rings. The van der Waals surface area contributed by atoms with Gasteiger partial charge in [0.25, 0.3) is 0 Å². The summed E-state index contributed by atoms with van der Waals surface area (Å²) in [6.07, 6.45) is 4.98. The molecule has 1 aromatic carbocycles. The minimum Gasteiger partial charge on any atom is -0.381 e. The lowest BCUT2D eigenvalue weighted by Crippen LogP contribution is -2.47. The molecule has 1 aromatic rings. The van der Waals surface area contributed by atoms with Gasteiger partial charge in [0, 0.05) is 44.3 Å². The van der Waals surface area contributed by atoms with Crippen LogP contribution < -0.4 is 0 Å². The van der Waals surface area contributed by atoms with Crippen molar-refractivity contribution in [1.82, 2.24) is 9.80 Å². The van der Waals surface area contributed by atoms with E-state index < -0.39 is 5.67 Å². The van der Waals surface area contributed by atoms with E-state index in [9.17, 15) is 4.79 Å². The summed E-state index contributed by atoms with van der Waals surface area (Å²) in [5, 5.41) is 0.637. The van der Waals surface area contributed by atoms with Gasteiger partial charge in [0.2, 0.25) is 5.91 Å². The maximum atomic E-state index is 15.4. The Kier molecular flexibility index (Phi) is 6.47. The summed E-state index contributed by atoms with van der Waals surface area (Å²) in [4.78, 5) is 16.9. The van der Waals surface area contributed by atoms with Crippen molar-refractivity contribution in [2.45, 2.75) is 50.7 Å². The first-order valence-electron chi connectivity index (χ1n) is 11.0. The molecule has 3 aliphatic rings. The molecule has 160 valence electrons. The van der Waals surface area contributed by atoms with Gasteiger partial charge < -0.3 is 9.64 Å². The van der Waals surface area contributed by atoms with Gasteiger partial charge in [-0.05, 0) is 74.7 Å². The lowest BCUT2D eigenvalue weighted by atomic mass is 9.68. The number of carbonyl (C=O) groups excluding carboxylic acids is 1. The summed E-state index contributed by atoms with van der Waals surface area (Å²) >= 11 is 6.47. The molecule has 0 spiro atoms. The number of rotatable bonds is 6. The molecule has 0 unspecified atom stereocenters. The summed E-state index contributed by atoms with van der Waals surface area (Å²) in [5.74, 6) is 0.337. The maximum absolute atomic E-state index is 15.4. The van der Waals surface area contributed by atoms with E-state index in [1.807, 2.05) is 19.2 Å². The summed E-state index contributed by atoms with van der Waals surface area (Å²) in [5.41, 5.74) is 0.239. The van der Waals surface area contributed by atoms with Crippen LogP contribution in [-0.4, -0.2) is 55.6 Å². The first-order valence-corrected chi connectivity index (χ1v) is 11.4. The minimum atomic E-state index is -1.43. The van der Waals surface area contributed by atoms with Gasteiger partial charge in [-0.15, -0.1) is 0 Å². The van der Waals surface area contributed by atoms with Crippen LogP contribution in [0, 0.1) is 11.8 Å². The second-order valence-corrected chi connectivity index (χ2v) is 9.54. The summed E-state index contributed by atoms with van der Waals surface area (Å²) < 4.78 is 20.8. The van der Waals surface area contributed by atoms with Crippen LogP contribution >= 0.6 is 11.6 Å². The van der Waals surface area contributed by atoms with Crippen LogP contribution in [0.1, 0.15) is 49.7 Å². The molecule has 1 saturated carbocycles. The number of alkyl halides is 1. The van der Waals surface area contributed by atoms with Gasteiger partial charge in [0.05, 0.1) is 0 Å². The first-order chi connectivity index (χ1) is 13.9. The summed E-state index contributed by atoms with van der Waals surface area (Å²) in [7, 11) is 1.85. The third-order valence-electron chi connectivity index (χ3n) is 6.90. The van der Waals surface area contributed by atoms with Crippen LogP contribution in [0.25, 0.3) is 0 Å². The lowest BCUT2D eigenvalue weighted by Gasteiger charge is -2.42. The largest absolute Gasteiger partial charge is 0.381 e. The average Bonchev–Trinajstić information content (AvgIpc) is 3.20. The molecular formula is C23H32ClFN2O2. The van der Waals surface area contributed by atoms with E-state index in [1.165, 1.54) is 12.8 Å². The fourth-order valence-electron chi connectivity index (χ4n) is 4.99. The van der Waals surface area contributed by atoms with E-state index in [4.69, 9.17) is 16.3 Å². The highest BCUT2D eigenvalue weighted by atomic mass is 35.5. The monoisotopic (exact) mass is 422 g/mol. The highest BCUT2D eigenvalue weighted by Crippen LogP contribution is 2.50. The number of hydrogen-bond donors (Lipinski definition) is 0. The van der Waals surface area contributed by atoms with Crippen LogP contribution in [0.15, 0.2) is 18.2 Å². The van der Waals surface area contributed by atoms with Gasteiger partial charge in [-0.25, -0.2) is 4.39 Å². The number of benzene rings is 1. The van der Waals surface area contributed by atoms with Crippen molar-refractivity contribution in [3.05, 3.63) is 34.3 Å². The molecule has 1 amide bonds. The second-order valence-electron chi connectivity index (χ2n) is 9.13. The Bertz CT molecular complexity index is 726. The smallest absolute Gasteiger partial charge is 0.225 e. The quantitative estimate of drug-likeness (QED) is 0.681. The van der Waals surface area contributed by atoms with Gasteiger partial charge in [0.15, 0.2) is 0 Å². The van der Waals surface area contributed by atoms with E-state index in [0.717, 1.165) is 57.8 Å². The molecule has 4 nitrogen and oxygen atoms in total. The van der Waals surface area contributed by atoms with Gasteiger partial charge in [0.1, 0.15) is 5.67 Å². The summed E-state index contributed by atoms with van der Waals surface area (Å²) in [6, 6.07) is 5.60. The lowest BCUT2D eigenvalue weighted by molar-refractivity contribution is -0.145. The van der Waals surface area contributed by atoms with Gasteiger partial charge in [-0.3, -0.25) is 9.69 Å². The van der Waals surface area contributed by atoms with Crippen molar-refractivity contribution in [3.8, 4) is 0 Å². The Morgan fingerprint density at radius 2 is 1.97 bits per heavy atom. The Hall–Kier alpha value is -1.17. The molecule has 0 radical (unpaired) electrons. The number of halogens is 2. The normalized spacial score (nSPS) is 28.3. The molecule has 1 aliphatic carbocycles. The fraction of sp³-hybridized carbons (Fsp3) is 0.696. The summed E-state index contributed by atoms with van der Waals surface area (Å²) in [6.45, 7) is 5.34. The van der Waals surface area contributed by atoms with Crippen molar-refractivity contribution in [1.29, 1.82) is 0 Å². The van der Waals surface area contributed by atoms with Crippen molar-refractivity contribution in [3.63, 3.8) is 0 Å². The predicted molar refractivity (Wildman–Crippen MR) is 113 cm³/mol. The number of carbonyl (C=O) groups is 1. The van der Waals surface area contributed by atoms with Crippen molar-refractivity contribution < 1.29 is 13.9 Å². The highest BCUT2D eigenvalue weighted by molar-refractivity contribution is 6.31. The third kappa shape index (κ3) is 4.78. The van der Waals surface area contributed by atoms with Gasteiger partial charge >= 0.3 is 0 Å². The molecule has 29 heavy (non-hydrogen) atoms. The van der Waals surface area contributed by atoms with Crippen molar-refractivity contribution in [2.24, 2.45) is 11.8 Å². The van der Waals surface area contributed by atoms with E-state index in [-0.39, 0.29) is 24.7 Å². The Labute approximate surface area is 178 Å².